The zero-order valence-corrected chi connectivity index (χ0v) is 15.4. The second kappa shape index (κ2) is 8.51. The number of nitrogens with zero attached hydrogens (tertiary/aromatic N) is 3. The molecule has 8 nitrogen and oxygen atoms in total. The Balaban J connectivity index is 1.85. The molecule has 0 bridgehead atoms. The Hall–Kier alpha value is -3.42. The Bertz CT molecular complexity index is 884. The van der Waals surface area contributed by atoms with Gasteiger partial charge in [-0.1, -0.05) is 18.2 Å². The number of rotatable bonds is 8. The van der Waals surface area contributed by atoms with E-state index >= 15 is 0 Å². The van der Waals surface area contributed by atoms with Gasteiger partial charge in [0.2, 0.25) is 5.95 Å². The minimum atomic E-state index is -1.44. The summed E-state index contributed by atoms with van der Waals surface area (Å²) in [6.07, 6.45) is 8.05. The lowest BCUT2D eigenvalue weighted by Crippen LogP contribution is -2.22. The molecule has 1 aliphatic rings. The van der Waals surface area contributed by atoms with E-state index in [1.165, 1.54) is 0 Å². The van der Waals surface area contributed by atoms with Crippen LogP contribution < -0.4 is 9.64 Å². The first-order valence-corrected chi connectivity index (χ1v) is 8.86. The van der Waals surface area contributed by atoms with Gasteiger partial charge in [-0.05, 0) is 37.0 Å². The maximum Gasteiger partial charge on any atom is 0.318 e. The van der Waals surface area contributed by atoms with Crippen molar-refractivity contribution in [2.24, 2.45) is 5.92 Å². The predicted octanol–water partition coefficient (Wildman–Crippen LogP) is 2.45. The number of aliphatic carboxylic acids is 2. The van der Waals surface area contributed by atoms with E-state index in [0.717, 1.165) is 35.5 Å². The van der Waals surface area contributed by atoms with Crippen LogP contribution in [0.3, 0.4) is 0 Å². The van der Waals surface area contributed by atoms with Crippen molar-refractivity contribution in [3.63, 3.8) is 0 Å². The molecule has 146 valence electrons. The summed E-state index contributed by atoms with van der Waals surface area (Å²) in [5, 5.41) is 17.9. The van der Waals surface area contributed by atoms with Crippen LogP contribution in [0.5, 0.6) is 5.75 Å². The average Bonchev–Trinajstić information content (AvgIpc) is 3.13. The van der Waals surface area contributed by atoms with Crippen LogP contribution >= 0.6 is 0 Å². The van der Waals surface area contributed by atoms with Crippen molar-refractivity contribution in [1.29, 1.82) is 0 Å². The molecule has 28 heavy (non-hydrogen) atoms. The Labute approximate surface area is 162 Å². The number of methoxy groups -OCH3 is 1. The lowest BCUT2D eigenvalue weighted by Gasteiger charge is -2.20. The highest BCUT2D eigenvalue weighted by molar-refractivity contribution is 5.93. The van der Waals surface area contributed by atoms with Crippen LogP contribution in [0.1, 0.15) is 17.5 Å². The van der Waals surface area contributed by atoms with E-state index in [0.29, 0.717) is 12.4 Å². The molecule has 0 fully saturated rings. The molecule has 2 aromatic rings. The highest BCUT2D eigenvalue weighted by Gasteiger charge is 2.28. The maximum absolute atomic E-state index is 11.0. The molecule has 0 aliphatic carbocycles. The van der Waals surface area contributed by atoms with E-state index in [1.807, 2.05) is 17.0 Å². The number of aromatic nitrogens is 2. The molecule has 0 saturated heterocycles. The Morgan fingerprint density at radius 1 is 1.21 bits per heavy atom. The predicted molar refractivity (Wildman–Crippen MR) is 102 cm³/mol. The lowest BCUT2D eigenvalue weighted by atomic mass is 10.0. The van der Waals surface area contributed by atoms with Crippen molar-refractivity contribution in [2.45, 2.75) is 19.3 Å². The van der Waals surface area contributed by atoms with Crippen LogP contribution in [0, 0.1) is 5.92 Å². The molecule has 1 aromatic carbocycles. The van der Waals surface area contributed by atoms with E-state index in [9.17, 15) is 9.59 Å². The minimum Gasteiger partial charge on any atom is -0.496 e. The number of fused-ring (bicyclic) bond motifs is 1. The first-order valence-electron chi connectivity index (χ1n) is 8.86. The SMILES string of the molecule is COc1ccc(CC=CCC(C(=O)O)C(=O)O)c2c1CCN2c1ncccn1. The summed E-state index contributed by atoms with van der Waals surface area (Å²) in [6.45, 7) is 0.733. The van der Waals surface area contributed by atoms with Crippen molar-refractivity contribution >= 4 is 23.6 Å². The molecule has 0 amide bonds. The van der Waals surface area contributed by atoms with Gasteiger partial charge in [0.1, 0.15) is 5.75 Å². The Morgan fingerprint density at radius 2 is 1.93 bits per heavy atom. The Kier molecular flexibility index (Phi) is 5.88. The van der Waals surface area contributed by atoms with Crippen molar-refractivity contribution in [3.8, 4) is 5.75 Å². The number of hydrogen-bond acceptors (Lipinski definition) is 6. The smallest absolute Gasteiger partial charge is 0.318 e. The molecule has 0 saturated carbocycles. The van der Waals surface area contributed by atoms with Gasteiger partial charge in [0.05, 0.1) is 12.8 Å². The van der Waals surface area contributed by atoms with Gasteiger partial charge < -0.3 is 19.8 Å². The topological polar surface area (TPSA) is 113 Å². The zero-order valence-electron chi connectivity index (χ0n) is 15.4. The highest BCUT2D eigenvalue weighted by atomic mass is 16.5. The van der Waals surface area contributed by atoms with Crippen molar-refractivity contribution in [3.05, 3.63) is 53.9 Å². The minimum absolute atomic E-state index is 0.0610. The van der Waals surface area contributed by atoms with Gasteiger partial charge in [0, 0.05) is 24.5 Å². The van der Waals surface area contributed by atoms with Crippen LogP contribution in [-0.2, 0) is 22.4 Å². The number of carbonyl (C=O) groups is 2. The standard InChI is InChI=1S/C20H21N3O5/c1-28-16-8-7-13(5-2-3-6-15(18(24)25)19(26)27)17-14(16)9-12-23(17)20-21-10-4-11-22-20/h2-4,7-8,10-11,15H,5-6,9,12H2,1H3,(H,24,25)(H,26,27). The fraction of sp³-hybridized carbons (Fsp3) is 0.300. The monoisotopic (exact) mass is 383 g/mol. The number of carboxylic acid groups (broad SMARTS) is 2. The fourth-order valence-electron chi connectivity index (χ4n) is 3.32. The van der Waals surface area contributed by atoms with E-state index < -0.39 is 17.9 Å². The summed E-state index contributed by atoms with van der Waals surface area (Å²) < 4.78 is 5.49. The van der Waals surface area contributed by atoms with Crippen molar-refractivity contribution < 1.29 is 24.5 Å². The summed E-state index contributed by atoms with van der Waals surface area (Å²) in [7, 11) is 1.63. The van der Waals surface area contributed by atoms with E-state index in [2.05, 4.69) is 9.97 Å². The van der Waals surface area contributed by atoms with Gasteiger partial charge in [-0.25, -0.2) is 9.97 Å². The third-order valence-corrected chi connectivity index (χ3v) is 4.66. The van der Waals surface area contributed by atoms with Crippen LogP contribution in [0.15, 0.2) is 42.7 Å². The quantitative estimate of drug-likeness (QED) is 0.528. The molecule has 2 N–H and O–H groups in total. The van der Waals surface area contributed by atoms with Gasteiger partial charge in [0.25, 0.3) is 0 Å². The summed E-state index contributed by atoms with van der Waals surface area (Å²) in [6, 6.07) is 5.63. The summed E-state index contributed by atoms with van der Waals surface area (Å²) >= 11 is 0. The van der Waals surface area contributed by atoms with Gasteiger partial charge in [0.15, 0.2) is 5.92 Å². The maximum atomic E-state index is 11.0. The van der Waals surface area contributed by atoms with Crippen molar-refractivity contribution in [2.75, 3.05) is 18.6 Å². The number of hydrogen-bond donors (Lipinski definition) is 2. The summed E-state index contributed by atoms with van der Waals surface area (Å²) in [5.74, 6) is -2.70. The van der Waals surface area contributed by atoms with E-state index in [1.54, 1.807) is 37.7 Å². The molecular weight excluding hydrogens is 362 g/mol. The Morgan fingerprint density at radius 3 is 2.57 bits per heavy atom. The molecule has 1 aromatic heterocycles. The van der Waals surface area contributed by atoms with Crippen LogP contribution in [0.4, 0.5) is 11.6 Å². The van der Waals surface area contributed by atoms with Gasteiger partial charge >= 0.3 is 11.9 Å². The number of anilines is 2. The fourth-order valence-corrected chi connectivity index (χ4v) is 3.32. The van der Waals surface area contributed by atoms with E-state index in [4.69, 9.17) is 14.9 Å². The van der Waals surface area contributed by atoms with Crippen LogP contribution in [-0.4, -0.2) is 45.8 Å². The van der Waals surface area contributed by atoms with E-state index in [-0.39, 0.29) is 6.42 Å². The molecule has 8 heteroatoms. The number of ether oxygens (including phenoxy) is 1. The molecule has 0 unspecified atom stereocenters. The molecule has 0 spiro atoms. The second-order valence-corrected chi connectivity index (χ2v) is 6.34. The third-order valence-electron chi connectivity index (χ3n) is 4.66. The molecule has 3 rings (SSSR count). The molecule has 0 atom stereocenters. The lowest BCUT2D eigenvalue weighted by molar-refractivity contribution is -0.154. The normalized spacial score (nSPS) is 13.1. The highest BCUT2D eigenvalue weighted by Crippen LogP contribution is 2.41. The molecule has 2 heterocycles. The average molecular weight is 383 g/mol. The summed E-state index contributed by atoms with van der Waals surface area (Å²) in [4.78, 5) is 32.7. The molecule has 0 radical (unpaired) electrons. The second-order valence-electron chi connectivity index (χ2n) is 6.34. The van der Waals surface area contributed by atoms with Gasteiger partial charge in [-0.3, -0.25) is 9.59 Å². The van der Waals surface area contributed by atoms with Crippen LogP contribution in [0.25, 0.3) is 0 Å². The number of allylic oxidation sites excluding steroid dienone is 2. The zero-order chi connectivity index (χ0) is 20.1. The van der Waals surface area contributed by atoms with Gasteiger partial charge in [-0.2, -0.15) is 0 Å². The summed E-state index contributed by atoms with van der Waals surface area (Å²) in [5.41, 5.74) is 3.08. The third kappa shape index (κ3) is 3.95. The van der Waals surface area contributed by atoms with Crippen molar-refractivity contribution in [1.82, 2.24) is 9.97 Å². The first-order chi connectivity index (χ1) is 13.5. The first kappa shape index (κ1) is 19.3. The van der Waals surface area contributed by atoms with Gasteiger partial charge in [-0.15, -0.1) is 0 Å². The molecular formula is C20H21N3O5. The molecule has 1 aliphatic heterocycles. The largest absolute Gasteiger partial charge is 0.496 e. The van der Waals surface area contributed by atoms with Crippen LogP contribution in [0.2, 0.25) is 0 Å². The number of carboxylic acids is 2. The number of benzene rings is 1.